The monoisotopic (exact) mass is 368 g/mol. The SMILES string of the molecule is O=C(CN1C(=O)[C@@H]2CC=CC[C@H]2C1=O)Nc1ccc(N2CCCCC2)nc1. The van der Waals surface area contributed by atoms with Crippen molar-refractivity contribution in [2.45, 2.75) is 32.1 Å². The fourth-order valence-corrected chi connectivity index (χ4v) is 4.14. The number of carbonyl (C=O) groups excluding carboxylic acids is 3. The van der Waals surface area contributed by atoms with Gasteiger partial charge in [-0.05, 0) is 44.2 Å². The molecule has 7 nitrogen and oxygen atoms in total. The Morgan fingerprint density at radius 3 is 2.30 bits per heavy atom. The van der Waals surface area contributed by atoms with Crippen LogP contribution in [-0.2, 0) is 14.4 Å². The Morgan fingerprint density at radius 1 is 1.04 bits per heavy atom. The summed E-state index contributed by atoms with van der Waals surface area (Å²) in [6.07, 6.45) is 10.3. The van der Waals surface area contributed by atoms with E-state index in [1.807, 2.05) is 24.3 Å². The van der Waals surface area contributed by atoms with Gasteiger partial charge >= 0.3 is 0 Å². The number of rotatable bonds is 4. The Labute approximate surface area is 158 Å². The topological polar surface area (TPSA) is 82.6 Å². The molecule has 3 aliphatic rings. The number of nitrogens with zero attached hydrogens (tertiary/aromatic N) is 3. The summed E-state index contributed by atoms with van der Waals surface area (Å²) in [7, 11) is 0. The van der Waals surface area contributed by atoms with Crippen molar-refractivity contribution in [1.29, 1.82) is 0 Å². The van der Waals surface area contributed by atoms with Gasteiger partial charge in [0, 0.05) is 13.1 Å². The molecular formula is C20H24N4O3. The van der Waals surface area contributed by atoms with E-state index >= 15 is 0 Å². The van der Waals surface area contributed by atoms with Crippen LogP contribution in [0.25, 0.3) is 0 Å². The smallest absolute Gasteiger partial charge is 0.244 e. The Kier molecular flexibility index (Phi) is 4.92. The molecule has 2 atom stereocenters. The van der Waals surface area contributed by atoms with Gasteiger partial charge in [-0.15, -0.1) is 0 Å². The number of fused-ring (bicyclic) bond motifs is 1. The van der Waals surface area contributed by atoms with E-state index in [4.69, 9.17) is 0 Å². The summed E-state index contributed by atoms with van der Waals surface area (Å²) < 4.78 is 0. The quantitative estimate of drug-likeness (QED) is 0.649. The number of pyridine rings is 1. The van der Waals surface area contributed by atoms with Gasteiger partial charge in [-0.1, -0.05) is 12.2 Å². The zero-order valence-electron chi connectivity index (χ0n) is 15.3. The van der Waals surface area contributed by atoms with Crippen LogP contribution in [0.4, 0.5) is 11.5 Å². The predicted molar refractivity (Wildman–Crippen MR) is 101 cm³/mol. The second kappa shape index (κ2) is 7.50. The zero-order valence-corrected chi connectivity index (χ0v) is 15.3. The van der Waals surface area contributed by atoms with Crippen LogP contribution < -0.4 is 10.2 Å². The molecule has 0 unspecified atom stereocenters. The lowest BCUT2D eigenvalue weighted by molar-refractivity contribution is -0.142. The van der Waals surface area contributed by atoms with Crippen molar-refractivity contribution in [2.75, 3.05) is 29.9 Å². The minimum Gasteiger partial charge on any atom is -0.357 e. The van der Waals surface area contributed by atoms with E-state index in [1.165, 1.54) is 19.3 Å². The highest BCUT2D eigenvalue weighted by atomic mass is 16.2. The molecule has 1 aliphatic carbocycles. The van der Waals surface area contributed by atoms with Gasteiger partial charge in [-0.3, -0.25) is 19.3 Å². The lowest BCUT2D eigenvalue weighted by Gasteiger charge is -2.27. The average molecular weight is 368 g/mol. The van der Waals surface area contributed by atoms with Gasteiger partial charge in [0.2, 0.25) is 17.7 Å². The molecule has 2 saturated heterocycles. The minimum absolute atomic E-state index is 0.233. The molecule has 1 N–H and O–H groups in total. The number of allylic oxidation sites excluding steroid dienone is 2. The third kappa shape index (κ3) is 3.59. The van der Waals surface area contributed by atoms with Crippen LogP contribution in [0.2, 0.25) is 0 Å². The molecule has 3 amide bonds. The first kappa shape index (κ1) is 17.7. The van der Waals surface area contributed by atoms with Crippen LogP contribution in [-0.4, -0.2) is 47.2 Å². The van der Waals surface area contributed by atoms with Crippen molar-refractivity contribution in [3.63, 3.8) is 0 Å². The summed E-state index contributed by atoms with van der Waals surface area (Å²) in [6, 6.07) is 3.71. The van der Waals surface area contributed by atoms with Crippen LogP contribution in [0.3, 0.4) is 0 Å². The van der Waals surface area contributed by atoms with Gasteiger partial charge in [0.05, 0.1) is 23.7 Å². The van der Waals surface area contributed by atoms with Crippen LogP contribution in [0, 0.1) is 11.8 Å². The summed E-state index contributed by atoms with van der Waals surface area (Å²) in [4.78, 5) is 45.0. The first-order valence-corrected chi connectivity index (χ1v) is 9.64. The molecule has 4 rings (SSSR count). The van der Waals surface area contributed by atoms with E-state index in [9.17, 15) is 14.4 Å². The molecule has 0 radical (unpaired) electrons. The Bertz CT molecular complexity index is 742. The van der Waals surface area contributed by atoms with Crippen molar-refractivity contribution in [3.05, 3.63) is 30.5 Å². The number of hydrogen-bond acceptors (Lipinski definition) is 5. The summed E-state index contributed by atoms with van der Waals surface area (Å²) in [5.74, 6) is -0.544. The van der Waals surface area contributed by atoms with Crippen LogP contribution in [0.1, 0.15) is 32.1 Å². The molecule has 2 aliphatic heterocycles. The highest BCUT2D eigenvalue weighted by Crippen LogP contribution is 2.34. The lowest BCUT2D eigenvalue weighted by Crippen LogP contribution is -2.38. The van der Waals surface area contributed by atoms with Crippen LogP contribution in [0.5, 0.6) is 0 Å². The van der Waals surface area contributed by atoms with Crippen LogP contribution in [0.15, 0.2) is 30.5 Å². The normalized spacial score (nSPS) is 24.9. The maximum absolute atomic E-state index is 12.4. The minimum atomic E-state index is -0.379. The highest BCUT2D eigenvalue weighted by molar-refractivity contribution is 6.08. The predicted octanol–water partition coefficient (Wildman–Crippen LogP) is 1.96. The van der Waals surface area contributed by atoms with E-state index < -0.39 is 0 Å². The van der Waals surface area contributed by atoms with Gasteiger partial charge in [0.15, 0.2) is 0 Å². The van der Waals surface area contributed by atoms with Crippen molar-refractivity contribution < 1.29 is 14.4 Å². The number of hydrogen-bond donors (Lipinski definition) is 1. The maximum atomic E-state index is 12.4. The van der Waals surface area contributed by atoms with E-state index in [0.29, 0.717) is 18.5 Å². The van der Waals surface area contributed by atoms with Gasteiger partial charge in [0.25, 0.3) is 0 Å². The number of likely N-dealkylation sites (tertiary alicyclic amines) is 1. The first-order valence-electron chi connectivity index (χ1n) is 9.64. The Morgan fingerprint density at radius 2 is 1.70 bits per heavy atom. The maximum Gasteiger partial charge on any atom is 0.244 e. The lowest BCUT2D eigenvalue weighted by atomic mass is 9.85. The Balaban J connectivity index is 1.35. The second-order valence-electron chi connectivity index (χ2n) is 7.42. The van der Waals surface area contributed by atoms with E-state index in [-0.39, 0.29) is 36.1 Å². The van der Waals surface area contributed by atoms with Crippen LogP contribution >= 0.6 is 0 Å². The third-order valence-electron chi connectivity index (χ3n) is 5.61. The van der Waals surface area contributed by atoms with Crippen molar-refractivity contribution in [2.24, 2.45) is 11.8 Å². The number of carbonyl (C=O) groups is 3. The molecule has 1 aromatic heterocycles. The molecule has 2 fully saturated rings. The molecule has 0 spiro atoms. The third-order valence-corrected chi connectivity index (χ3v) is 5.61. The Hall–Kier alpha value is -2.70. The first-order chi connectivity index (χ1) is 13.1. The number of amides is 3. The van der Waals surface area contributed by atoms with Crippen molar-refractivity contribution in [1.82, 2.24) is 9.88 Å². The van der Waals surface area contributed by atoms with E-state index in [1.54, 1.807) is 6.20 Å². The summed E-state index contributed by atoms with van der Waals surface area (Å²) in [5.41, 5.74) is 0.568. The summed E-state index contributed by atoms with van der Waals surface area (Å²) >= 11 is 0. The average Bonchev–Trinajstić information content (AvgIpc) is 2.94. The number of piperidine rings is 1. The molecule has 27 heavy (non-hydrogen) atoms. The number of anilines is 2. The second-order valence-corrected chi connectivity index (χ2v) is 7.42. The zero-order chi connectivity index (χ0) is 18.8. The molecular weight excluding hydrogens is 344 g/mol. The van der Waals surface area contributed by atoms with E-state index in [2.05, 4.69) is 15.2 Å². The van der Waals surface area contributed by atoms with Gasteiger partial charge < -0.3 is 10.2 Å². The molecule has 142 valence electrons. The highest BCUT2D eigenvalue weighted by Gasteiger charge is 2.47. The molecule has 3 heterocycles. The van der Waals surface area contributed by atoms with Gasteiger partial charge in [-0.25, -0.2) is 4.98 Å². The number of aromatic nitrogens is 1. The van der Waals surface area contributed by atoms with Gasteiger partial charge in [0.1, 0.15) is 12.4 Å². The van der Waals surface area contributed by atoms with Crippen molar-refractivity contribution in [3.8, 4) is 0 Å². The summed E-state index contributed by atoms with van der Waals surface area (Å²) in [5, 5.41) is 2.74. The largest absolute Gasteiger partial charge is 0.357 e. The summed E-state index contributed by atoms with van der Waals surface area (Å²) in [6.45, 7) is 1.78. The van der Waals surface area contributed by atoms with Gasteiger partial charge in [-0.2, -0.15) is 0 Å². The molecule has 7 heteroatoms. The van der Waals surface area contributed by atoms with E-state index in [0.717, 1.165) is 23.8 Å². The fraction of sp³-hybridized carbons (Fsp3) is 0.500. The molecule has 1 aromatic rings. The number of imide groups is 1. The fourth-order valence-electron chi connectivity index (χ4n) is 4.14. The molecule has 0 bridgehead atoms. The standard InChI is InChI=1S/C20H24N4O3/c25-18(13-24-19(26)15-6-2-3-7-16(15)20(24)27)22-14-8-9-17(21-12-14)23-10-4-1-5-11-23/h2-3,8-9,12,15-16H,1,4-7,10-11,13H2,(H,22,25)/t15-,16-/m1/s1. The number of nitrogens with one attached hydrogen (secondary N) is 1. The molecule has 0 aromatic carbocycles. The molecule has 0 saturated carbocycles. The van der Waals surface area contributed by atoms with Crippen molar-refractivity contribution >= 4 is 29.2 Å².